The molecule has 2 rings (SSSR count). The van der Waals surface area contributed by atoms with Gasteiger partial charge in [0, 0.05) is 26.2 Å². The van der Waals surface area contributed by atoms with Gasteiger partial charge in [-0.1, -0.05) is 6.07 Å². The first kappa shape index (κ1) is 15.7. The molecule has 2 unspecified atom stereocenters. The van der Waals surface area contributed by atoms with Crippen LogP contribution in [-0.4, -0.2) is 48.1 Å². The Morgan fingerprint density at radius 3 is 2.38 bits per heavy atom. The van der Waals surface area contributed by atoms with Gasteiger partial charge in [-0.05, 0) is 31.5 Å². The monoisotopic (exact) mass is 295 g/mol. The van der Waals surface area contributed by atoms with E-state index in [-0.39, 0.29) is 17.8 Å². The molecule has 1 fully saturated rings. The Morgan fingerprint density at radius 1 is 1.29 bits per heavy atom. The summed E-state index contributed by atoms with van der Waals surface area (Å²) in [5, 5.41) is 9.47. The fraction of sp³-hybridized carbons (Fsp3) is 0.533. The van der Waals surface area contributed by atoms with Crippen LogP contribution >= 0.6 is 0 Å². The van der Waals surface area contributed by atoms with Gasteiger partial charge in [0.1, 0.15) is 5.82 Å². The molecule has 0 saturated carbocycles. The predicted molar refractivity (Wildman–Crippen MR) is 79.5 cm³/mol. The lowest BCUT2D eigenvalue weighted by Crippen LogP contribution is -2.53. The molecule has 0 bridgehead atoms. The number of nitrogens with two attached hydrogens (primary N) is 1. The zero-order chi connectivity index (χ0) is 15.6. The number of nitrogens with zero attached hydrogens (tertiary/aromatic N) is 2. The van der Waals surface area contributed by atoms with Gasteiger partial charge in [0.15, 0.2) is 0 Å². The highest BCUT2D eigenvalue weighted by atomic mass is 19.1. The lowest BCUT2D eigenvalue weighted by molar-refractivity contribution is -0.122. The van der Waals surface area contributed by atoms with Crippen molar-refractivity contribution in [3.05, 3.63) is 29.6 Å². The van der Waals surface area contributed by atoms with E-state index in [1.807, 2.05) is 9.80 Å². The number of piperazine rings is 1. The third-order valence-corrected chi connectivity index (χ3v) is 4.07. The molecule has 6 heteroatoms. The van der Waals surface area contributed by atoms with Crippen molar-refractivity contribution in [1.29, 1.82) is 0 Å². The van der Waals surface area contributed by atoms with Gasteiger partial charge in [0.25, 0.3) is 0 Å². The van der Waals surface area contributed by atoms with Crippen molar-refractivity contribution >= 4 is 11.6 Å². The van der Waals surface area contributed by atoms with E-state index in [0.29, 0.717) is 37.4 Å². The van der Waals surface area contributed by atoms with Crippen LogP contribution in [-0.2, 0) is 4.79 Å². The van der Waals surface area contributed by atoms with Crippen LogP contribution in [0.1, 0.15) is 25.5 Å². The Hall–Kier alpha value is -1.66. The molecule has 0 aliphatic carbocycles. The number of hydrogen-bond acceptors (Lipinski definition) is 4. The largest absolute Gasteiger partial charge is 0.389 e. The molecule has 1 aromatic rings. The summed E-state index contributed by atoms with van der Waals surface area (Å²) in [5.41, 5.74) is 6.40. The zero-order valence-electron chi connectivity index (χ0n) is 12.4. The van der Waals surface area contributed by atoms with Gasteiger partial charge in [-0.2, -0.15) is 0 Å². The van der Waals surface area contributed by atoms with Crippen LogP contribution < -0.4 is 10.6 Å². The molecule has 1 heterocycles. The van der Waals surface area contributed by atoms with E-state index in [1.54, 1.807) is 26.0 Å². The Balaban J connectivity index is 2.04. The van der Waals surface area contributed by atoms with Crippen LogP contribution in [0.25, 0.3) is 0 Å². The predicted octanol–water partition coefficient (Wildman–Crippen LogP) is 0.875. The highest BCUT2D eigenvalue weighted by Gasteiger charge is 2.25. The smallest absolute Gasteiger partial charge is 0.234 e. The van der Waals surface area contributed by atoms with E-state index in [4.69, 9.17) is 5.73 Å². The van der Waals surface area contributed by atoms with Gasteiger partial charge in [-0.25, -0.2) is 4.39 Å². The van der Waals surface area contributed by atoms with E-state index in [1.165, 1.54) is 6.07 Å². The number of aliphatic hydroxyl groups is 1. The summed E-state index contributed by atoms with van der Waals surface area (Å²) in [7, 11) is 0. The molecule has 21 heavy (non-hydrogen) atoms. The quantitative estimate of drug-likeness (QED) is 0.865. The first-order valence-corrected chi connectivity index (χ1v) is 7.16. The standard InChI is InChI=1S/C15H22FN3O2/c1-10(15(17)21)18-5-7-19(8-6-18)14-4-3-12(11(2)20)9-13(14)16/h3-4,9-11,20H,5-8H2,1-2H3,(H2,17,21). The zero-order valence-corrected chi connectivity index (χ0v) is 12.4. The molecule has 1 aromatic carbocycles. The third-order valence-electron chi connectivity index (χ3n) is 4.07. The minimum Gasteiger partial charge on any atom is -0.389 e. The second-order valence-corrected chi connectivity index (χ2v) is 5.49. The second kappa shape index (κ2) is 6.41. The van der Waals surface area contributed by atoms with E-state index < -0.39 is 6.10 Å². The molecule has 5 nitrogen and oxygen atoms in total. The highest BCUT2D eigenvalue weighted by Crippen LogP contribution is 2.24. The van der Waals surface area contributed by atoms with Crippen molar-refractivity contribution in [2.24, 2.45) is 5.73 Å². The van der Waals surface area contributed by atoms with E-state index in [0.717, 1.165) is 0 Å². The van der Waals surface area contributed by atoms with E-state index >= 15 is 0 Å². The minimum absolute atomic E-state index is 0.297. The molecule has 1 saturated heterocycles. The number of amides is 1. The summed E-state index contributed by atoms with van der Waals surface area (Å²) in [6.45, 7) is 6.02. The van der Waals surface area contributed by atoms with Crippen molar-refractivity contribution in [3.63, 3.8) is 0 Å². The fourth-order valence-corrected chi connectivity index (χ4v) is 2.57. The van der Waals surface area contributed by atoms with Crippen molar-refractivity contribution in [1.82, 2.24) is 4.90 Å². The number of carbonyl (C=O) groups excluding carboxylic acids is 1. The normalized spacial score (nSPS) is 19.3. The van der Waals surface area contributed by atoms with Crippen molar-refractivity contribution < 1.29 is 14.3 Å². The van der Waals surface area contributed by atoms with Crippen molar-refractivity contribution in [2.45, 2.75) is 26.0 Å². The first-order chi connectivity index (χ1) is 9.90. The van der Waals surface area contributed by atoms with Gasteiger partial charge < -0.3 is 15.7 Å². The summed E-state index contributed by atoms with van der Waals surface area (Å²) in [5.74, 6) is -0.666. The maximum atomic E-state index is 14.1. The van der Waals surface area contributed by atoms with Crippen LogP contribution in [0.15, 0.2) is 18.2 Å². The molecular formula is C15H22FN3O2. The van der Waals surface area contributed by atoms with E-state index in [9.17, 15) is 14.3 Å². The van der Waals surface area contributed by atoms with Crippen molar-refractivity contribution in [3.8, 4) is 0 Å². The second-order valence-electron chi connectivity index (χ2n) is 5.49. The van der Waals surface area contributed by atoms with Crippen LogP contribution in [0.4, 0.5) is 10.1 Å². The lowest BCUT2D eigenvalue weighted by Gasteiger charge is -2.38. The molecule has 1 aliphatic heterocycles. The number of rotatable bonds is 4. The number of hydrogen-bond donors (Lipinski definition) is 2. The minimum atomic E-state index is -0.679. The number of carbonyl (C=O) groups is 1. The fourth-order valence-electron chi connectivity index (χ4n) is 2.57. The lowest BCUT2D eigenvalue weighted by atomic mass is 10.1. The van der Waals surface area contributed by atoms with Crippen LogP contribution in [0.3, 0.4) is 0 Å². The Morgan fingerprint density at radius 2 is 1.90 bits per heavy atom. The van der Waals surface area contributed by atoms with Gasteiger partial charge in [-0.15, -0.1) is 0 Å². The summed E-state index contributed by atoms with van der Waals surface area (Å²) in [6.07, 6.45) is -0.679. The molecular weight excluding hydrogens is 273 g/mol. The molecule has 2 atom stereocenters. The van der Waals surface area contributed by atoms with Gasteiger partial charge >= 0.3 is 0 Å². The SMILES string of the molecule is CC(O)c1ccc(N2CCN(C(C)C(N)=O)CC2)c(F)c1. The number of primary amides is 1. The summed E-state index contributed by atoms with van der Waals surface area (Å²) in [4.78, 5) is 15.1. The Labute approximate surface area is 124 Å². The van der Waals surface area contributed by atoms with Crippen LogP contribution in [0, 0.1) is 5.82 Å². The molecule has 3 N–H and O–H groups in total. The first-order valence-electron chi connectivity index (χ1n) is 7.16. The number of aliphatic hydroxyl groups excluding tert-OH is 1. The van der Waals surface area contributed by atoms with Crippen molar-refractivity contribution in [2.75, 3.05) is 31.1 Å². The maximum Gasteiger partial charge on any atom is 0.234 e. The van der Waals surface area contributed by atoms with E-state index in [2.05, 4.69) is 0 Å². The van der Waals surface area contributed by atoms with Gasteiger partial charge in [0.2, 0.25) is 5.91 Å². The number of halogens is 1. The van der Waals surface area contributed by atoms with Crippen LogP contribution in [0.5, 0.6) is 0 Å². The molecule has 1 aliphatic rings. The highest BCUT2D eigenvalue weighted by molar-refractivity contribution is 5.79. The Kier molecular flexibility index (Phi) is 4.80. The van der Waals surface area contributed by atoms with Gasteiger partial charge in [-0.3, -0.25) is 9.69 Å². The molecule has 0 radical (unpaired) electrons. The average Bonchev–Trinajstić information content (AvgIpc) is 2.46. The third kappa shape index (κ3) is 3.51. The number of benzene rings is 1. The summed E-state index contributed by atoms with van der Waals surface area (Å²) < 4.78 is 14.1. The number of anilines is 1. The topological polar surface area (TPSA) is 69.8 Å². The van der Waals surface area contributed by atoms with Gasteiger partial charge in [0.05, 0.1) is 17.8 Å². The molecule has 0 spiro atoms. The molecule has 0 aromatic heterocycles. The summed E-state index contributed by atoms with van der Waals surface area (Å²) >= 11 is 0. The molecule has 116 valence electrons. The Bertz CT molecular complexity index is 514. The average molecular weight is 295 g/mol. The van der Waals surface area contributed by atoms with Crippen LogP contribution in [0.2, 0.25) is 0 Å². The molecule has 1 amide bonds. The summed E-state index contributed by atoms with van der Waals surface area (Å²) in [6, 6.07) is 4.51. The maximum absolute atomic E-state index is 14.1.